The van der Waals surface area contributed by atoms with Crippen LogP contribution in [0.5, 0.6) is 34.5 Å². The summed E-state index contributed by atoms with van der Waals surface area (Å²) in [5.74, 6) is 1.18. The van der Waals surface area contributed by atoms with Crippen molar-refractivity contribution in [3.8, 4) is 34.5 Å². The molecule has 0 unspecified atom stereocenters. The van der Waals surface area contributed by atoms with E-state index in [4.69, 9.17) is 40.4 Å². The minimum atomic E-state index is -0.506. The third-order valence-electron chi connectivity index (χ3n) is 10.3. The molecule has 2 saturated heterocycles. The van der Waals surface area contributed by atoms with Crippen molar-refractivity contribution in [2.45, 2.75) is 0 Å². The molecule has 15 nitrogen and oxygen atoms in total. The first kappa shape index (κ1) is 39.4. The highest BCUT2D eigenvalue weighted by Crippen LogP contribution is 2.46. The molecule has 60 heavy (non-hydrogen) atoms. The van der Waals surface area contributed by atoms with Crippen molar-refractivity contribution in [1.82, 2.24) is 19.9 Å². The van der Waals surface area contributed by atoms with Crippen LogP contribution in [0.3, 0.4) is 0 Å². The second kappa shape index (κ2) is 17.2. The van der Waals surface area contributed by atoms with E-state index in [1.54, 1.807) is 24.5 Å². The molecule has 2 aliphatic rings. The molecule has 0 bridgehead atoms. The number of aromatic nitrogens is 4. The number of benzene rings is 2. The number of carbonyl (C=O) groups excluding carboxylic acids is 1. The van der Waals surface area contributed by atoms with Gasteiger partial charge in [-0.15, -0.1) is 0 Å². The first-order valence-corrected chi connectivity index (χ1v) is 19.2. The van der Waals surface area contributed by atoms with E-state index in [1.165, 1.54) is 75.1 Å². The third-order valence-corrected chi connectivity index (χ3v) is 10.3. The van der Waals surface area contributed by atoms with Crippen molar-refractivity contribution in [3.05, 3.63) is 121 Å². The largest absolute Gasteiger partial charge is 0.491 e. The summed E-state index contributed by atoms with van der Waals surface area (Å²) in [5.41, 5.74) is 14.5. The van der Waals surface area contributed by atoms with E-state index in [1.807, 2.05) is 21.9 Å². The van der Waals surface area contributed by atoms with Gasteiger partial charge in [-0.2, -0.15) is 0 Å². The van der Waals surface area contributed by atoms with Crippen molar-refractivity contribution in [2.75, 3.05) is 97.6 Å². The van der Waals surface area contributed by atoms with Gasteiger partial charge in [0.05, 0.1) is 50.4 Å². The van der Waals surface area contributed by atoms with Crippen molar-refractivity contribution < 1.29 is 32.5 Å². The molecular formula is C43H42F2N10O5. The fraction of sp³-hybridized carbons (Fsp3) is 0.233. The molecule has 0 saturated carbocycles. The quantitative estimate of drug-likeness (QED) is 0.134. The van der Waals surface area contributed by atoms with Crippen LogP contribution in [0.2, 0.25) is 0 Å². The third kappa shape index (κ3) is 8.27. The SMILES string of the molecule is COc1c(Oc2ccc(F)cc2)cnc(C(=O)c2ncc(Oc3ccc(F)cc3)c(OC)c2N2CCN(c3ccc(N)nc3)CC2)c1N1CCN(c2ccc(N)nc2)CC1. The maximum Gasteiger partial charge on any atom is 0.234 e. The van der Waals surface area contributed by atoms with Gasteiger partial charge in [0.2, 0.25) is 5.78 Å². The Morgan fingerprint density at radius 3 is 1.22 bits per heavy atom. The van der Waals surface area contributed by atoms with Crippen LogP contribution >= 0.6 is 0 Å². The van der Waals surface area contributed by atoms with Crippen LogP contribution in [0.4, 0.5) is 43.2 Å². The monoisotopic (exact) mass is 816 g/mol. The van der Waals surface area contributed by atoms with Gasteiger partial charge in [0.15, 0.2) is 23.0 Å². The zero-order valence-electron chi connectivity index (χ0n) is 32.9. The number of nitrogen functional groups attached to an aromatic ring is 2. The van der Waals surface area contributed by atoms with Crippen molar-refractivity contribution in [3.63, 3.8) is 0 Å². The van der Waals surface area contributed by atoms with Crippen LogP contribution in [0.25, 0.3) is 0 Å². The Hall–Kier alpha value is -7.43. The smallest absolute Gasteiger partial charge is 0.234 e. The summed E-state index contributed by atoms with van der Waals surface area (Å²) in [4.78, 5) is 41.6. The van der Waals surface area contributed by atoms with Gasteiger partial charge in [-0.05, 0) is 72.8 Å². The number of carbonyl (C=O) groups is 1. The van der Waals surface area contributed by atoms with E-state index in [0.29, 0.717) is 86.9 Å². The Morgan fingerprint density at radius 1 is 0.517 bits per heavy atom. The van der Waals surface area contributed by atoms with Crippen molar-refractivity contribution in [2.24, 2.45) is 0 Å². The number of nitrogens with zero attached hydrogens (tertiary/aromatic N) is 8. The summed E-state index contributed by atoms with van der Waals surface area (Å²) in [5, 5.41) is 0. The molecule has 17 heteroatoms. The lowest BCUT2D eigenvalue weighted by Gasteiger charge is -2.39. The van der Waals surface area contributed by atoms with Gasteiger partial charge in [0.1, 0.15) is 57.5 Å². The molecule has 0 aliphatic carbocycles. The Labute approximate surface area is 344 Å². The normalized spacial score (nSPS) is 14.2. The van der Waals surface area contributed by atoms with Crippen molar-refractivity contribution >= 4 is 40.2 Å². The minimum Gasteiger partial charge on any atom is -0.491 e. The minimum absolute atomic E-state index is 0.0653. The summed E-state index contributed by atoms with van der Waals surface area (Å²) >= 11 is 0. The number of ether oxygens (including phenoxy) is 4. The Bertz CT molecular complexity index is 2270. The highest BCUT2D eigenvalue weighted by Gasteiger charge is 2.35. The fourth-order valence-corrected chi connectivity index (χ4v) is 7.31. The lowest BCUT2D eigenvalue weighted by Crippen LogP contribution is -2.47. The van der Waals surface area contributed by atoms with Crippen LogP contribution < -0.4 is 50.0 Å². The maximum atomic E-state index is 15.2. The molecule has 0 spiro atoms. The van der Waals surface area contributed by atoms with Crippen LogP contribution in [-0.4, -0.2) is 92.3 Å². The highest BCUT2D eigenvalue weighted by molar-refractivity contribution is 6.14. The molecule has 0 amide bonds. The molecule has 2 aromatic carbocycles. The molecule has 8 rings (SSSR count). The second-order valence-electron chi connectivity index (χ2n) is 14.0. The molecule has 4 N–H and O–H groups in total. The molecule has 6 aromatic rings. The molecule has 2 fully saturated rings. The number of piperazine rings is 2. The van der Waals surface area contributed by atoms with Gasteiger partial charge in [0, 0.05) is 52.4 Å². The number of hydrogen-bond donors (Lipinski definition) is 2. The van der Waals surface area contributed by atoms with Gasteiger partial charge in [-0.3, -0.25) is 4.79 Å². The Kier molecular flexibility index (Phi) is 11.3. The predicted molar refractivity (Wildman–Crippen MR) is 224 cm³/mol. The molecule has 0 radical (unpaired) electrons. The first-order valence-electron chi connectivity index (χ1n) is 19.2. The number of rotatable bonds is 12. The van der Waals surface area contributed by atoms with E-state index in [9.17, 15) is 8.78 Å². The number of nitrogens with two attached hydrogens (primary N) is 2. The lowest BCUT2D eigenvalue weighted by molar-refractivity contribution is 0.102. The van der Waals surface area contributed by atoms with Gasteiger partial charge < -0.3 is 50.0 Å². The second-order valence-corrected chi connectivity index (χ2v) is 14.0. The van der Waals surface area contributed by atoms with Gasteiger partial charge in [-0.25, -0.2) is 28.7 Å². The molecule has 0 atom stereocenters. The fourth-order valence-electron chi connectivity index (χ4n) is 7.31. The summed E-state index contributed by atoms with van der Waals surface area (Å²) in [6, 6.07) is 18.5. The van der Waals surface area contributed by atoms with E-state index < -0.39 is 17.4 Å². The van der Waals surface area contributed by atoms with E-state index in [2.05, 4.69) is 19.8 Å². The summed E-state index contributed by atoms with van der Waals surface area (Å²) in [6.45, 7) is 4.19. The molecular weight excluding hydrogens is 775 g/mol. The maximum absolute atomic E-state index is 15.2. The van der Waals surface area contributed by atoms with E-state index in [0.717, 1.165) is 11.4 Å². The van der Waals surface area contributed by atoms with E-state index in [-0.39, 0.29) is 34.4 Å². The number of anilines is 6. The molecule has 2 aliphatic heterocycles. The highest BCUT2D eigenvalue weighted by atomic mass is 19.1. The number of hydrogen-bond acceptors (Lipinski definition) is 15. The predicted octanol–water partition coefficient (Wildman–Crippen LogP) is 6.20. The Balaban J connectivity index is 1.20. The number of ketones is 1. The first-order chi connectivity index (χ1) is 29.2. The lowest BCUT2D eigenvalue weighted by atomic mass is 10.1. The topological polar surface area (TPSA) is 171 Å². The number of pyridine rings is 4. The average Bonchev–Trinajstić information content (AvgIpc) is 3.28. The molecule has 308 valence electrons. The van der Waals surface area contributed by atoms with Gasteiger partial charge >= 0.3 is 0 Å². The zero-order valence-corrected chi connectivity index (χ0v) is 32.9. The Morgan fingerprint density at radius 2 is 0.883 bits per heavy atom. The summed E-state index contributed by atoms with van der Waals surface area (Å²) in [7, 11) is 2.98. The zero-order chi connectivity index (χ0) is 41.8. The van der Waals surface area contributed by atoms with Gasteiger partial charge in [0.25, 0.3) is 0 Å². The van der Waals surface area contributed by atoms with E-state index >= 15 is 4.79 Å². The summed E-state index contributed by atoms with van der Waals surface area (Å²) < 4.78 is 52.1. The standard InChI is InChI=1S/C43H42F2N10O5/c1-57-42-33(59-31-9-3-27(44)4-10-31)25-50-37(39(42)54-19-15-52(16-20-54)29-7-13-35(46)48-23-29)41(56)38-40(55-21-17-53(18-22-55)30-8-14-36(47)49-24-30)43(58-2)34(26-51-38)60-32-11-5-28(45)6-12-32/h3-14,23-26H,15-22H2,1-2H3,(H2,46,48)(H2,47,49). The van der Waals surface area contributed by atoms with Gasteiger partial charge in [-0.1, -0.05) is 0 Å². The number of halogens is 2. The van der Waals surface area contributed by atoms with Crippen molar-refractivity contribution in [1.29, 1.82) is 0 Å². The van der Waals surface area contributed by atoms with Crippen LogP contribution in [0.1, 0.15) is 16.2 Å². The molecule has 6 heterocycles. The number of methoxy groups -OCH3 is 2. The van der Waals surface area contributed by atoms with Crippen LogP contribution in [-0.2, 0) is 0 Å². The summed E-state index contributed by atoms with van der Waals surface area (Å²) in [6.07, 6.45) is 6.29. The van der Waals surface area contributed by atoms with Crippen LogP contribution in [0.15, 0.2) is 97.6 Å². The molecule has 4 aromatic heterocycles. The van der Waals surface area contributed by atoms with Crippen LogP contribution in [0, 0.1) is 11.6 Å². The average molecular weight is 817 g/mol.